The first-order chi connectivity index (χ1) is 7.74. The molecule has 3 N–H and O–H groups in total. The Kier molecular flexibility index (Phi) is 4.72. The molecule has 1 atom stereocenters. The zero-order chi connectivity index (χ0) is 13.1. The van der Waals surface area contributed by atoms with E-state index in [1.165, 1.54) is 4.72 Å². The van der Waals surface area contributed by atoms with E-state index >= 15 is 0 Å². The van der Waals surface area contributed by atoms with Crippen LogP contribution in [0.1, 0.15) is 0 Å². The molecule has 0 saturated carbocycles. The molecular weight excluding hydrogens is 263 g/mol. The molecule has 1 rings (SSSR count). The van der Waals surface area contributed by atoms with Gasteiger partial charge in [0.25, 0.3) is 10.2 Å². The summed E-state index contributed by atoms with van der Waals surface area (Å²) in [7, 11) is -4.13. The van der Waals surface area contributed by atoms with E-state index in [4.69, 9.17) is 10.5 Å². The van der Waals surface area contributed by atoms with E-state index in [0.29, 0.717) is 0 Å². The summed E-state index contributed by atoms with van der Waals surface area (Å²) in [6.07, 6.45) is -5.06. The van der Waals surface area contributed by atoms with Gasteiger partial charge in [0.15, 0.2) is 0 Å². The summed E-state index contributed by atoms with van der Waals surface area (Å²) in [5.41, 5.74) is 5.31. The van der Waals surface area contributed by atoms with Gasteiger partial charge in [-0.25, -0.2) is 0 Å². The summed E-state index contributed by atoms with van der Waals surface area (Å²) in [4.78, 5) is 0. The van der Waals surface area contributed by atoms with Crippen molar-refractivity contribution in [2.24, 2.45) is 5.73 Å². The first-order valence-corrected chi connectivity index (χ1v) is 6.32. The van der Waals surface area contributed by atoms with Crippen LogP contribution in [0.3, 0.4) is 0 Å². The second kappa shape index (κ2) is 5.48. The standard InChI is InChI=1S/C7H14F3N3O3S/c8-7(9,10)5-12-17(14,15)13-1-2-16-6(3-11)4-13/h6,12H,1-5,11H2. The Hall–Kier alpha value is -0.420. The van der Waals surface area contributed by atoms with Gasteiger partial charge in [-0.1, -0.05) is 0 Å². The quantitative estimate of drug-likeness (QED) is 0.693. The van der Waals surface area contributed by atoms with E-state index in [0.717, 1.165) is 4.31 Å². The molecule has 10 heteroatoms. The second-order valence-corrected chi connectivity index (χ2v) is 5.28. The Labute approximate surface area is 97.1 Å². The summed E-state index contributed by atoms with van der Waals surface area (Å²) in [6.45, 7) is -1.37. The largest absolute Gasteiger partial charge is 0.402 e. The Balaban J connectivity index is 2.57. The molecule has 102 valence electrons. The number of rotatable bonds is 4. The molecule has 1 aliphatic rings. The van der Waals surface area contributed by atoms with Crippen molar-refractivity contribution in [2.75, 3.05) is 32.8 Å². The first kappa shape index (κ1) is 14.6. The van der Waals surface area contributed by atoms with E-state index in [1.807, 2.05) is 0 Å². The van der Waals surface area contributed by atoms with E-state index < -0.39 is 29.0 Å². The Morgan fingerprint density at radius 1 is 1.47 bits per heavy atom. The fourth-order valence-corrected chi connectivity index (χ4v) is 2.52. The minimum atomic E-state index is -4.58. The third-order valence-corrected chi connectivity index (χ3v) is 3.68. The molecular formula is C7H14F3N3O3S. The highest BCUT2D eigenvalue weighted by molar-refractivity contribution is 7.87. The van der Waals surface area contributed by atoms with E-state index in [-0.39, 0.29) is 26.2 Å². The Bertz CT molecular complexity index is 346. The molecule has 1 saturated heterocycles. The second-order valence-electron chi connectivity index (χ2n) is 3.53. The molecule has 1 heterocycles. The number of alkyl halides is 3. The van der Waals surface area contributed by atoms with E-state index in [2.05, 4.69) is 0 Å². The van der Waals surface area contributed by atoms with Gasteiger partial charge in [-0.2, -0.15) is 30.6 Å². The predicted molar refractivity (Wildman–Crippen MR) is 53.3 cm³/mol. The minimum absolute atomic E-state index is 0.0176. The molecule has 0 spiro atoms. The lowest BCUT2D eigenvalue weighted by atomic mass is 10.3. The zero-order valence-electron chi connectivity index (χ0n) is 8.90. The highest BCUT2D eigenvalue weighted by Gasteiger charge is 2.33. The van der Waals surface area contributed by atoms with Crippen molar-refractivity contribution in [1.29, 1.82) is 0 Å². The fraction of sp³-hybridized carbons (Fsp3) is 1.00. The molecule has 0 aliphatic carbocycles. The molecule has 17 heavy (non-hydrogen) atoms. The summed E-state index contributed by atoms with van der Waals surface area (Å²) in [5, 5.41) is 0. The lowest BCUT2D eigenvalue weighted by Gasteiger charge is -2.31. The number of hydrogen-bond acceptors (Lipinski definition) is 4. The Morgan fingerprint density at radius 2 is 2.12 bits per heavy atom. The van der Waals surface area contributed by atoms with Crippen molar-refractivity contribution < 1.29 is 26.3 Å². The lowest BCUT2D eigenvalue weighted by Crippen LogP contribution is -2.52. The number of nitrogens with zero attached hydrogens (tertiary/aromatic N) is 1. The van der Waals surface area contributed by atoms with Gasteiger partial charge >= 0.3 is 6.18 Å². The maximum atomic E-state index is 11.9. The van der Waals surface area contributed by atoms with Gasteiger partial charge in [-0.05, 0) is 0 Å². The van der Waals surface area contributed by atoms with Gasteiger partial charge in [0, 0.05) is 19.6 Å². The number of hydrogen-bond donors (Lipinski definition) is 2. The van der Waals surface area contributed by atoms with Gasteiger partial charge in [0.05, 0.1) is 12.7 Å². The van der Waals surface area contributed by atoms with Gasteiger partial charge in [-0.3, -0.25) is 0 Å². The third kappa shape index (κ3) is 4.76. The van der Waals surface area contributed by atoms with Crippen molar-refractivity contribution in [1.82, 2.24) is 9.03 Å². The van der Waals surface area contributed by atoms with E-state index in [1.54, 1.807) is 0 Å². The molecule has 1 aliphatic heterocycles. The van der Waals surface area contributed by atoms with Crippen molar-refractivity contribution in [2.45, 2.75) is 12.3 Å². The molecule has 0 amide bonds. The normalized spacial score (nSPS) is 23.9. The molecule has 0 aromatic carbocycles. The molecule has 1 fully saturated rings. The minimum Gasteiger partial charge on any atom is -0.374 e. The van der Waals surface area contributed by atoms with Crippen LogP contribution in [0.15, 0.2) is 0 Å². The smallest absolute Gasteiger partial charge is 0.374 e. The van der Waals surface area contributed by atoms with Crippen molar-refractivity contribution in [3.8, 4) is 0 Å². The number of morpholine rings is 1. The van der Waals surface area contributed by atoms with Crippen molar-refractivity contribution in [3.63, 3.8) is 0 Å². The lowest BCUT2D eigenvalue weighted by molar-refractivity contribution is -0.121. The SMILES string of the molecule is NCC1CN(S(=O)(=O)NCC(F)(F)F)CCO1. The maximum absolute atomic E-state index is 11.9. The molecule has 0 aromatic heterocycles. The number of halogens is 3. The van der Waals surface area contributed by atoms with Crippen LogP contribution >= 0.6 is 0 Å². The van der Waals surface area contributed by atoms with Gasteiger partial charge in [0.1, 0.15) is 6.54 Å². The van der Waals surface area contributed by atoms with Crippen LogP contribution in [0.2, 0.25) is 0 Å². The summed E-state index contributed by atoms with van der Waals surface area (Å²) in [6, 6.07) is 0. The monoisotopic (exact) mass is 277 g/mol. The summed E-state index contributed by atoms with van der Waals surface area (Å²) >= 11 is 0. The van der Waals surface area contributed by atoms with E-state index in [9.17, 15) is 21.6 Å². The maximum Gasteiger partial charge on any atom is 0.402 e. The highest BCUT2D eigenvalue weighted by atomic mass is 32.2. The van der Waals surface area contributed by atoms with Crippen LogP contribution in [0.25, 0.3) is 0 Å². The molecule has 0 aromatic rings. The van der Waals surface area contributed by atoms with Crippen LogP contribution in [-0.4, -0.2) is 57.8 Å². The zero-order valence-corrected chi connectivity index (χ0v) is 9.72. The highest BCUT2D eigenvalue weighted by Crippen LogP contribution is 2.14. The summed E-state index contributed by atoms with van der Waals surface area (Å²) in [5.74, 6) is 0. The van der Waals surface area contributed by atoms with Gasteiger partial charge in [-0.15, -0.1) is 0 Å². The summed E-state index contributed by atoms with van der Waals surface area (Å²) < 4.78 is 66.3. The molecule has 1 unspecified atom stereocenters. The number of ether oxygens (including phenoxy) is 1. The fourth-order valence-electron chi connectivity index (χ4n) is 1.32. The molecule has 0 radical (unpaired) electrons. The Morgan fingerprint density at radius 3 is 2.65 bits per heavy atom. The van der Waals surface area contributed by atoms with Crippen LogP contribution in [0.4, 0.5) is 13.2 Å². The van der Waals surface area contributed by atoms with Gasteiger partial charge < -0.3 is 10.5 Å². The predicted octanol–water partition coefficient (Wildman–Crippen LogP) is -0.957. The third-order valence-electron chi connectivity index (χ3n) is 2.16. The van der Waals surface area contributed by atoms with Crippen LogP contribution in [0.5, 0.6) is 0 Å². The first-order valence-electron chi connectivity index (χ1n) is 4.88. The average Bonchev–Trinajstić information content (AvgIpc) is 2.26. The van der Waals surface area contributed by atoms with Crippen LogP contribution < -0.4 is 10.5 Å². The average molecular weight is 277 g/mol. The van der Waals surface area contributed by atoms with Crippen LogP contribution in [-0.2, 0) is 14.9 Å². The van der Waals surface area contributed by atoms with Crippen molar-refractivity contribution in [3.05, 3.63) is 0 Å². The molecule has 6 nitrogen and oxygen atoms in total. The molecule has 0 bridgehead atoms. The number of nitrogens with two attached hydrogens (primary N) is 1. The van der Waals surface area contributed by atoms with Gasteiger partial charge in [0.2, 0.25) is 0 Å². The topological polar surface area (TPSA) is 84.7 Å². The number of nitrogens with one attached hydrogen (secondary N) is 1. The van der Waals surface area contributed by atoms with Crippen LogP contribution in [0, 0.1) is 0 Å². The van der Waals surface area contributed by atoms with Crippen molar-refractivity contribution >= 4 is 10.2 Å².